The second-order valence-electron chi connectivity index (χ2n) is 5.36. The van der Waals surface area contributed by atoms with Crippen molar-refractivity contribution in [3.8, 4) is 10.6 Å². The van der Waals surface area contributed by atoms with Crippen LogP contribution < -0.4 is 4.72 Å². The first kappa shape index (κ1) is 16.8. The predicted molar refractivity (Wildman–Crippen MR) is 98.3 cm³/mol. The molecule has 0 bridgehead atoms. The Hall–Kier alpha value is -2.02. The molecule has 1 aromatic carbocycles. The molecule has 0 radical (unpaired) electrons. The van der Waals surface area contributed by atoms with E-state index >= 15 is 0 Å². The van der Waals surface area contributed by atoms with Crippen LogP contribution in [0.4, 0.5) is 0 Å². The van der Waals surface area contributed by atoms with Crippen LogP contribution in [0.25, 0.3) is 10.6 Å². The normalized spacial score (nSPS) is 11.5. The number of nitrogens with zero attached hydrogens (tertiary/aromatic N) is 1. The van der Waals surface area contributed by atoms with Crippen molar-refractivity contribution in [1.29, 1.82) is 0 Å². The van der Waals surface area contributed by atoms with E-state index in [1.807, 2.05) is 60.0 Å². The van der Waals surface area contributed by atoms with Crippen molar-refractivity contribution in [2.45, 2.75) is 13.0 Å². The third-order valence-electron chi connectivity index (χ3n) is 3.63. The molecule has 0 aliphatic carbocycles. The van der Waals surface area contributed by atoms with E-state index in [4.69, 9.17) is 0 Å². The van der Waals surface area contributed by atoms with Crippen molar-refractivity contribution in [2.24, 2.45) is 0 Å². The van der Waals surface area contributed by atoms with Gasteiger partial charge in [-0.25, -0.2) is 13.1 Å². The molecular weight excluding hydrogens is 340 g/mol. The Kier molecular flexibility index (Phi) is 5.40. The topological polar surface area (TPSA) is 59.1 Å². The van der Waals surface area contributed by atoms with Gasteiger partial charge in [-0.3, -0.25) is 4.98 Å². The van der Waals surface area contributed by atoms with Crippen molar-refractivity contribution in [3.05, 3.63) is 77.3 Å². The van der Waals surface area contributed by atoms with Gasteiger partial charge in [-0.15, -0.1) is 11.3 Å². The van der Waals surface area contributed by atoms with Crippen LogP contribution in [0.1, 0.15) is 11.1 Å². The molecule has 3 rings (SSSR count). The molecule has 0 atom stereocenters. The smallest absolute Gasteiger partial charge is 0.212 e. The molecule has 0 aliphatic heterocycles. The molecule has 0 saturated carbocycles. The number of aromatic nitrogens is 1. The Morgan fingerprint density at radius 3 is 2.58 bits per heavy atom. The number of hydrogen-bond acceptors (Lipinski definition) is 4. The third kappa shape index (κ3) is 4.50. The van der Waals surface area contributed by atoms with E-state index in [1.54, 1.807) is 17.5 Å². The highest BCUT2D eigenvalue weighted by Crippen LogP contribution is 2.25. The monoisotopic (exact) mass is 358 g/mol. The maximum atomic E-state index is 12.2. The van der Waals surface area contributed by atoms with E-state index in [2.05, 4.69) is 9.71 Å². The van der Waals surface area contributed by atoms with Gasteiger partial charge in [-0.05, 0) is 35.1 Å². The number of sulfonamides is 1. The van der Waals surface area contributed by atoms with Crippen molar-refractivity contribution < 1.29 is 8.42 Å². The first-order valence-corrected chi connectivity index (χ1v) is 10.2. The maximum Gasteiger partial charge on any atom is 0.212 e. The number of pyridine rings is 1. The molecule has 0 spiro atoms. The quantitative estimate of drug-likeness (QED) is 0.703. The molecule has 0 aliphatic rings. The Labute approximate surface area is 146 Å². The minimum Gasteiger partial charge on any atom is -0.255 e. The van der Waals surface area contributed by atoms with Gasteiger partial charge < -0.3 is 0 Å². The van der Waals surface area contributed by atoms with Crippen LogP contribution in [0.3, 0.4) is 0 Å². The average Bonchev–Trinajstić information content (AvgIpc) is 3.14. The van der Waals surface area contributed by atoms with Crippen molar-refractivity contribution >= 4 is 21.4 Å². The van der Waals surface area contributed by atoms with E-state index in [0.717, 1.165) is 21.7 Å². The Morgan fingerprint density at radius 1 is 1.00 bits per heavy atom. The van der Waals surface area contributed by atoms with Crippen LogP contribution in [0.2, 0.25) is 0 Å². The molecule has 0 fully saturated rings. The zero-order valence-corrected chi connectivity index (χ0v) is 14.7. The Morgan fingerprint density at radius 2 is 1.83 bits per heavy atom. The van der Waals surface area contributed by atoms with Crippen molar-refractivity contribution in [1.82, 2.24) is 9.71 Å². The van der Waals surface area contributed by atoms with Crippen LogP contribution in [0.15, 0.2) is 66.2 Å². The van der Waals surface area contributed by atoms with Gasteiger partial charge in [0.05, 0.1) is 16.3 Å². The number of rotatable bonds is 7. The summed E-state index contributed by atoms with van der Waals surface area (Å²) in [6.45, 7) is 0.248. The van der Waals surface area contributed by atoms with Crippen molar-refractivity contribution in [3.63, 3.8) is 0 Å². The van der Waals surface area contributed by atoms with Crippen LogP contribution in [-0.4, -0.2) is 19.2 Å². The molecule has 6 heteroatoms. The van der Waals surface area contributed by atoms with Crippen molar-refractivity contribution in [2.75, 3.05) is 5.75 Å². The van der Waals surface area contributed by atoms with Crippen LogP contribution in [-0.2, 0) is 23.0 Å². The summed E-state index contributed by atoms with van der Waals surface area (Å²) in [6.07, 6.45) is 2.23. The lowest BCUT2D eigenvalue weighted by Crippen LogP contribution is -2.27. The van der Waals surface area contributed by atoms with Gasteiger partial charge in [-0.2, -0.15) is 0 Å². The second-order valence-corrected chi connectivity index (χ2v) is 8.24. The molecule has 0 amide bonds. The summed E-state index contributed by atoms with van der Waals surface area (Å²) in [5.41, 5.74) is 2.73. The van der Waals surface area contributed by atoms with Gasteiger partial charge in [0.25, 0.3) is 0 Å². The molecule has 3 aromatic rings. The zero-order valence-electron chi connectivity index (χ0n) is 13.1. The number of nitrogens with one attached hydrogen (secondary N) is 1. The minimum atomic E-state index is -3.34. The standard InChI is InChI=1S/C18H18N2O2S2/c21-24(22,13-10-15-6-2-1-3-7-15)20-14-16-8-4-11-19-18(16)17-9-5-12-23-17/h1-9,11-12,20H,10,13-14H2. The summed E-state index contributed by atoms with van der Waals surface area (Å²) >= 11 is 1.59. The lowest BCUT2D eigenvalue weighted by atomic mass is 10.2. The Balaban J connectivity index is 1.65. The Bertz CT molecular complexity index is 876. The molecule has 1 N–H and O–H groups in total. The lowest BCUT2D eigenvalue weighted by Gasteiger charge is -2.09. The van der Waals surface area contributed by atoms with Gasteiger partial charge in [-0.1, -0.05) is 42.5 Å². The largest absolute Gasteiger partial charge is 0.255 e. The molecule has 24 heavy (non-hydrogen) atoms. The molecule has 4 nitrogen and oxygen atoms in total. The third-order valence-corrected chi connectivity index (χ3v) is 5.83. The fourth-order valence-corrected chi connectivity index (χ4v) is 4.15. The molecule has 2 aromatic heterocycles. The van der Waals surface area contributed by atoms with E-state index in [9.17, 15) is 8.42 Å². The van der Waals surface area contributed by atoms with E-state index < -0.39 is 10.0 Å². The van der Waals surface area contributed by atoms with E-state index in [0.29, 0.717) is 6.42 Å². The summed E-state index contributed by atoms with van der Waals surface area (Å²) in [4.78, 5) is 5.43. The average molecular weight is 358 g/mol. The van der Waals surface area contributed by atoms with E-state index in [-0.39, 0.29) is 12.3 Å². The summed E-state index contributed by atoms with van der Waals surface area (Å²) in [7, 11) is -3.34. The highest BCUT2D eigenvalue weighted by Gasteiger charge is 2.13. The second kappa shape index (κ2) is 7.70. The van der Waals surface area contributed by atoms with E-state index in [1.165, 1.54) is 0 Å². The number of hydrogen-bond donors (Lipinski definition) is 1. The highest BCUT2D eigenvalue weighted by molar-refractivity contribution is 7.89. The molecule has 2 heterocycles. The fourth-order valence-electron chi connectivity index (χ4n) is 2.37. The maximum absolute atomic E-state index is 12.2. The molecule has 0 saturated heterocycles. The molecular formula is C18H18N2O2S2. The van der Waals surface area contributed by atoms with Gasteiger partial charge in [0.1, 0.15) is 0 Å². The summed E-state index contributed by atoms with van der Waals surface area (Å²) in [6, 6.07) is 17.3. The first-order chi connectivity index (χ1) is 11.6. The van der Waals surface area contributed by atoms with Crippen LogP contribution in [0.5, 0.6) is 0 Å². The first-order valence-electron chi connectivity index (χ1n) is 7.63. The van der Waals surface area contributed by atoms with Gasteiger partial charge in [0.2, 0.25) is 10.0 Å². The zero-order chi connectivity index (χ0) is 16.8. The lowest BCUT2D eigenvalue weighted by molar-refractivity contribution is 0.580. The van der Waals surface area contributed by atoms with Gasteiger partial charge in [0.15, 0.2) is 0 Å². The van der Waals surface area contributed by atoms with Gasteiger partial charge in [0, 0.05) is 12.7 Å². The number of thiophene rings is 1. The summed E-state index contributed by atoms with van der Waals surface area (Å²) in [5, 5.41) is 1.98. The summed E-state index contributed by atoms with van der Waals surface area (Å²) in [5.74, 6) is 0.0750. The number of aryl methyl sites for hydroxylation is 1. The van der Waals surface area contributed by atoms with Crippen LogP contribution in [0, 0.1) is 0 Å². The fraction of sp³-hybridized carbons (Fsp3) is 0.167. The predicted octanol–water partition coefficient (Wildman–Crippen LogP) is 3.47. The van der Waals surface area contributed by atoms with Crippen LogP contribution >= 0.6 is 11.3 Å². The molecule has 124 valence electrons. The highest BCUT2D eigenvalue weighted by atomic mass is 32.2. The minimum absolute atomic E-state index is 0.0750. The SMILES string of the molecule is O=S(=O)(CCc1ccccc1)NCc1cccnc1-c1cccs1. The number of benzene rings is 1. The molecule has 0 unspecified atom stereocenters. The summed E-state index contributed by atoms with van der Waals surface area (Å²) < 4.78 is 27.2. The van der Waals surface area contributed by atoms with Gasteiger partial charge >= 0.3 is 0 Å².